The molecule has 0 bridgehead atoms. The van der Waals surface area contributed by atoms with E-state index in [-0.39, 0.29) is 34.5 Å². The second kappa shape index (κ2) is 11.3. The van der Waals surface area contributed by atoms with Crippen molar-refractivity contribution < 1.29 is 23.9 Å². The lowest BCUT2D eigenvalue weighted by atomic mass is 10.1. The van der Waals surface area contributed by atoms with Gasteiger partial charge in [0, 0.05) is 22.0 Å². The van der Waals surface area contributed by atoms with E-state index in [1.807, 2.05) is 6.92 Å². The number of amides is 3. The van der Waals surface area contributed by atoms with E-state index in [0.717, 1.165) is 4.90 Å². The highest BCUT2D eigenvalue weighted by Gasteiger charge is 2.40. The summed E-state index contributed by atoms with van der Waals surface area (Å²) in [6, 6.07) is 19.1. The van der Waals surface area contributed by atoms with Gasteiger partial charge in [0.25, 0.3) is 17.7 Å². The highest BCUT2D eigenvalue weighted by atomic mass is 35.5. The summed E-state index contributed by atoms with van der Waals surface area (Å²) in [4.78, 5) is 52.3. The zero-order valence-electron chi connectivity index (χ0n) is 19.6. The topological polar surface area (TPSA) is 105 Å². The smallest absolute Gasteiger partial charge is 0.340 e. The van der Waals surface area contributed by atoms with Crippen molar-refractivity contribution in [2.75, 3.05) is 22.1 Å². The van der Waals surface area contributed by atoms with Crippen molar-refractivity contribution in [2.45, 2.75) is 13.3 Å². The molecule has 0 fully saturated rings. The molecule has 0 atom stereocenters. The maximum atomic E-state index is 13.3. The van der Waals surface area contributed by atoms with Crippen LogP contribution in [0.2, 0.25) is 5.02 Å². The Morgan fingerprint density at radius 1 is 0.892 bits per heavy atom. The summed E-state index contributed by atoms with van der Waals surface area (Å²) in [5.41, 5.74) is 1.15. The van der Waals surface area contributed by atoms with Crippen molar-refractivity contribution in [3.8, 4) is 0 Å². The van der Waals surface area contributed by atoms with Gasteiger partial charge in [-0.15, -0.1) is 0 Å². The molecule has 0 aromatic heterocycles. The Kier molecular flexibility index (Phi) is 7.91. The molecule has 0 saturated carbocycles. The van der Waals surface area contributed by atoms with E-state index in [9.17, 15) is 19.2 Å². The number of nitrogens with one attached hydrogen (secondary N) is 2. The van der Waals surface area contributed by atoms with Gasteiger partial charge in [0.1, 0.15) is 10.7 Å². The monoisotopic (exact) mass is 537 g/mol. The Bertz CT molecular complexity index is 1420. The predicted molar refractivity (Wildman–Crippen MR) is 142 cm³/mol. The molecule has 0 aliphatic carbocycles. The summed E-state index contributed by atoms with van der Waals surface area (Å²) in [6.07, 6.45) is 0.619. The fraction of sp³-hybridized carbons (Fsp3) is 0.111. The first-order valence-corrected chi connectivity index (χ1v) is 12.0. The van der Waals surface area contributed by atoms with E-state index in [2.05, 4.69) is 10.6 Å². The fourth-order valence-electron chi connectivity index (χ4n) is 3.56. The van der Waals surface area contributed by atoms with Gasteiger partial charge in [-0.05, 0) is 61.0 Å². The SMILES string of the molecule is CCCOC(=O)c1ccccc1N1C(=O)C(Cl)=C(Nc2cccc(C(=O)Nc3ccc(Cl)cc3)c2)C1=O. The van der Waals surface area contributed by atoms with Crippen LogP contribution in [0.4, 0.5) is 17.1 Å². The van der Waals surface area contributed by atoms with Crippen LogP contribution in [0.25, 0.3) is 0 Å². The average molecular weight is 538 g/mol. The van der Waals surface area contributed by atoms with Gasteiger partial charge < -0.3 is 15.4 Å². The third-order valence-corrected chi connectivity index (χ3v) is 5.93. The molecule has 3 aromatic rings. The molecule has 1 aliphatic heterocycles. The van der Waals surface area contributed by atoms with Crippen molar-refractivity contribution in [1.29, 1.82) is 0 Å². The van der Waals surface area contributed by atoms with Gasteiger partial charge >= 0.3 is 5.97 Å². The van der Waals surface area contributed by atoms with E-state index in [1.165, 1.54) is 18.2 Å². The Labute approximate surface area is 222 Å². The van der Waals surface area contributed by atoms with E-state index in [0.29, 0.717) is 28.4 Å². The van der Waals surface area contributed by atoms with E-state index >= 15 is 0 Å². The number of nitrogens with zero attached hydrogens (tertiary/aromatic N) is 1. The average Bonchev–Trinajstić information content (AvgIpc) is 3.11. The molecule has 0 spiro atoms. The van der Waals surface area contributed by atoms with Crippen molar-refractivity contribution >= 4 is 64.0 Å². The molecule has 0 saturated heterocycles. The van der Waals surface area contributed by atoms with Gasteiger partial charge in [-0.1, -0.05) is 48.3 Å². The Balaban J connectivity index is 1.55. The van der Waals surface area contributed by atoms with Gasteiger partial charge in [-0.2, -0.15) is 0 Å². The minimum atomic E-state index is -0.790. The lowest BCUT2D eigenvalue weighted by Gasteiger charge is -2.18. The van der Waals surface area contributed by atoms with Crippen molar-refractivity contribution in [1.82, 2.24) is 0 Å². The molecule has 8 nitrogen and oxygen atoms in total. The summed E-state index contributed by atoms with van der Waals surface area (Å²) in [6.45, 7) is 2.05. The Hall–Kier alpha value is -4.14. The first-order valence-electron chi connectivity index (χ1n) is 11.3. The normalized spacial score (nSPS) is 13.1. The number of benzene rings is 3. The number of anilines is 3. The van der Waals surface area contributed by atoms with Gasteiger partial charge in [0.15, 0.2) is 0 Å². The van der Waals surface area contributed by atoms with Crippen LogP contribution < -0.4 is 15.5 Å². The molecule has 10 heteroatoms. The summed E-state index contributed by atoms with van der Waals surface area (Å²) < 4.78 is 5.19. The molecular weight excluding hydrogens is 517 g/mol. The highest BCUT2D eigenvalue weighted by Crippen LogP contribution is 2.32. The summed E-state index contributed by atoms with van der Waals surface area (Å²) in [7, 11) is 0. The second-order valence-electron chi connectivity index (χ2n) is 7.95. The Morgan fingerprint density at radius 3 is 2.35 bits per heavy atom. The maximum Gasteiger partial charge on any atom is 0.340 e. The van der Waals surface area contributed by atoms with E-state index < -0.39 is 17.8 Å². The van der Waals surface area contributed by atoms with Crippen LogP contribution in [-0.4, -0.2) is 30.3 Å². The van der Waals surface area contributed by atoms with Gasteiger partial charge in [0.2, 0.25) is 0 Å². The lowest BCUT2D eigenvalue weighted by Crippen LogP contribution is -2.33. The number of imide groups is 1. The van der Waals surface area contributed by atoms with Gasteiger partial charge in [-0.3, -0.25) is 14.4 Å². The molecule has 1 aliphatic rings. The Morgan fingerprint density at radius 2 is 1.62 bits per heavy atom. The lowest BCUT2D eigenvalue weighted by molar-refractivity contribution is -0.120. The third kappa shape index (κ3) is 5.66. The number of hydrogen-bond acceptors (Lipinski definition) is 6. The first kappa shape index (κ1) is 25.9. The predicted octanol–water partition coefficient (Wildman–Crippen LogP) is 5.59. The molecule has 0 radical (unpaired) electrons. The summed E-state index contributed by atoms with van der Waals surface area (Å²) in [5, 5.41) is 5.79. The minimum Gasteiger partial charge on any atom is -0.462 e. The minimum absolute atomic E-state index is 0.0595. The molecule has 0 unspecified atom stereocenters. The van der Waals surface area contributed by atoms with Gasteiger partial charge in [-0.25, -0.2) is 9.69 Å². The standard InChI is InChI=1S/C27H21Cl2N3O5/c1-2-14-37-27(36)20-8-3-4-9-21(20)32-25(34)22(29)23(26(32)35)30-19-7-5-6-16(15-19)24(33)31-18-12-10-17(28)11-13-18/h3-13,15,30H,2,14H2,1H3,(H,31,33). The molecule has 188 valence electrons. The molecular formula is C27H21Cl2N3O5. The number of carbonyl (C=O) groups excluding carboxylic acids is 4. The van der Waals surface area contributed by atoms with Crippen LogP contribution in [0, 0.1) is 0 Å². The molecule has 37 heavy (non-hydrogen) atoms. The number of esters is 1. The number of halogens is 2. The number of carbonyl (C=O) groups is 4. The number of rotatable bonds is 8. The highest BCUT2D eigenvalue weighted by molar-refractivity contribution is 6.53. The zero-order valence-corrected chi connectivity index (χ0v) is 21.1. The molecule has 3 aromatic carbocycles. The van der Waals surface area contributed by atoms with Crippen LogP contribution in [-0.2, 0) is 14.3 Å². The summed E-state index contributed by atoms with van der Waals surface area (Å²) in [5.74, 6) is -2.58. The van der Waals surface area contributed by atoms with Crippen molar-refractivity contribution in [3.05, 3.63) is 99.7 Å². The zero-order chi connectivity index (χ0) is 26.5. The first-order chi connectivity index (χ1) is 17.8. The van der Waals surface area contributed by atoms with Crippen LogP contribution in [0.5, 0.6) is 0 Å². The second-order valence-corrected chi connectivity index (χ2v) is 8.77. The molecule has 4 rings (SSSR count). The quantitative estimate of drug-likeness (QED) is 0.286. The molecule has 3 amide bonds. The van der Waals surface area contributed by atoms with Crippen LogP contribution in [0.1, 0.15) is 34.1 Å². The van der Waals surface area contributed by atoms with E-state index in [1.54, 1.807) is 54.6 Å². The number of ether oxygens (including phenoxy) is 1. The van der Waals surface area contributed by atoms with Crippen molar-refractivity contribution in [3.63, 3.8) is 0 Å². The molecule has 2 N–H and O–H groups in total. The largest absolute Gasteiger partial charge is 0.462 e. The van der Waals surface area contributed by atoms with Crippen LogP contribution in [0.3, 0.4) is 0 Å². The molecule has 1 heterocycles. The van der Waals surface area contributed by atoms with Crippen LogP contribution in [0.15, 0.2) is 83.5 Å². The summed E-state index contributed by atoms with van der Waals surface area (Å²) >= 11 is 12.1. The van der Waals surface area contributed by atoms with Gasteiger partial charge in [0.05, 0.1) is 17.9 Å². The third-order valence-electron chi connectivity index (χ3n) is 5.33. The number of hydrogen-bond donors (Lipinski definition) is 2. The number of para-hydroxylation sites is 1. The van der Waals surface area contributed by atoms with E-state index in [4.69, 9.17) is 27.9 Å². The van der Waals surface area contributed by atoms with Crippen molar-refractivity contribution in [2.24, 2.45) is 0 Å². The fourth-order valence-corrected chi connectivity index (χ4v) is 3.90. The maximum absolute atomic E-state index is 13.3. The van der Waals surface area contributed by atoms with Crippen LogP contribution >= 0.6 is 23.2 Å².